The largest absolute Gasteiger partial charge is 0.398 e. The van der Waals surface area contributed by atoms with Crippen LogP contribution >= 0.6 is 15.9 Å². The molecule has 0 aliphatic heterocycles. The number of nitrogens with two attached hydrogens (primary N) is 1. The van der Waals surface area contributed by atoms with Crippen molar-refractivity contribution in [1.29, 1.82) is 0 Å². The summed E-state index contributed by atoms with van der Waals surface area (Å²) in [4.78, 5) is 4.07. The summed E-state index contributed by atoms with van der Waals surface area (Å²) in [6.07, 6.45) is 3.96. The molecule has 3 N–H and O–H groups in total. The van der Waals surface area contributed by atoms with Crippen molar-refractivity contribution >= 4 is 31.6 Å². The number of nitrogens with one attached hydrogen (secondary N) is 1. The molecule has 0 atom stereocenters. The summed E-state index contributed by atoms with van der Waals surface area (Å²) in [5.74, 6) is 0. The molecule has 0 fully saturated rings. The van der Waals surface area contributed by atoms with E-state index >= 15 is 0 Å². The lowest BCUT2D eigenvalue weighted by Crippen LogP contribution is -2.26. The number of pyridine rings is 1. The topological polar surface area (TPSA) is 85.1 Å². The molecule has 0 bridgehead atoms. The highest BCUT2D eigenvalue weighted by Gasteiger charge is 2.16. The first-order valence-corrected chi connectivity index (χ1v) is 8.20. The first-order valence-electron chi connectivity index (χ1n) is 5.92. The van der Waals surface area contributed by atoms with Crippen molar-refractivity contribution in [2.75, 3.05) is 12.3 Å². The van der Waals surface area contributed by atoms with Gasteiger partial charge in [0.1, 0.15) is 4.90 Å². The second-order valence-corrected chi connectivity index (χ2v) is 6.84. The second kappa shape index (κ2) is 6.34. The summed E-state index contributed by atoms with van der Waals surface area (Å²) >= 11 is 3.24. The highest BCUT2D eigenvalue weighted by atomic mass is 79.9. The van der Waals surface area contributed by atoms with Gasteiger partial charge in [-0.25, -0.2) is 13.1 Å². The van der Waals surface area contributed by atoms with Gasteiger partial charge in [-0.1, -0.05) is 22.0 Å². The molecule has 0 radical (unpaired) electrons. The Morgan fingerprint density at radius 1 is 1.30 bits per heavy atom. The van der Waals surface area contributed by atoms with Crippen molar-refractivity contribution in [1.82, 2.24) is 9.71 Å². The zero-order valence-corrected chi connectivity index (χ0v) is 13.0. The van der Waals surface area contributed by atoms with E-state index in [4.69, 9.17) is 5.73 Å². The van der Waals surface area contributed by atoms with Crippen LogP contribution in [-0.4, -0.2) is 19.9 Å². The van der Waals surface area contributed by atoms with Crippen molar-refractivity contribution in [2.45, 2.75) is 11.3 Å². The van der Waals surface area contributed by atoms with Crippen LogP contribution in [0.15, 0.2) is 52.1 Å². The first kappa shape index (κ1) is 15.0. The normalized spacial score (nSPS) is 11.4. The average Bonchev–Trinajstić information content (AvgIpc) is 2.39. The number of rotatable bonds is 5. The third-order valence-electron chi connectivity index (χ3n) is 2.69. The van der Waals surface area contributed by atoms with E-state index in [1.807, 2.05) is 12.1 Å². The number of sulfonamides is 1. The number of benzene rings is 1. The third kappa shape index (κ3) is 3.78. The molecule has 0 aliphatic rings. The Kier molecular flexibility index (Phi) is 4.74. The molecule has 7 heteroatoms. The number of hydrogen-bond acceptors (Lipinski definition) is 4. The van der Waals surface area contributed by atoms with E-state index in [1.54, 1.807) is 24.5 Å². The van der Waals surface area contributed by atoms with Crippen molar-refractivity contribution < 1.29 is 8.42 Å². The fourth-order valence-corrected chi connectivity index (χ4v) is 3.24. The molecule has 2 aromatic rings. The van der Waals surface area contributed by atoms with Gasteiger partial charge in [-0.05, 0) is 36.2 Å². The van der Waals surface area contributed by atoms with Gasteiger partial charge in [0.05, 0.1) is 5.69 Å². The maximum Gasteiger partial charge on any atom is 0.242 e. The van der Waals surface area contributed by atoms with Crippen LogP contribution in [0.3, 0.4) is 0 Å². The highest BCUT2D eigenvalue weighted by Crippen LogP contribution is 2.22. The number of nitrogen functional groups attached to an aromatic ring is 1. The molecule has 1 heterocycles. The van der Waals surface area contributed by atoms with Gasteiger partial charge in [0.15, 0.2) is 0 Å². The summed E-state index contributed by atoms with van der Waals surface area (Å²) in [6.45, 7) is 0.295. The van der Waals surface area contributed by atoms with Gasteiger partial charge < -0.3 is 5.73 Å². The molecular formula is C13H14BrN3O2S. The predicted molar refractivity (Wildman–Crippen MR) is 81.7 cm³/mol. The number of anilines is 1. The Balaban J connectivity index is 2.04. The maximum absolute atomic E-state index is 12.1. The van der Waals surface area contributed by atoms with Crippen LogP contribution in [0.1, 0.15) is 5.56 Å². The Morgan fingerprint density at radius 2 is 2.10 bits per heavy atom. The van der Waals surface area contributed by atoms with Crippen LogP contribution in [0.5, 0.6) is 0 Å². The van der Waals surface area contributed by atoms with E-state index in [0.717, 1.165) is 10.0 Å². The Bertz CT molecular complexity index is 690. The van der Waals surface area contributed by atoms with Crippen LogP contribution in [0.4, 0.5) is 5.69 Å². The van der Waals surface area contributed by atoms with Gasteiger partial charge >= 0.3 is 0 Å². The van der Waals surface area contributed by atoms with E-state index in [-0.39, 0.29) is 10.6 Å². The third-order valence-corrected chi connectivity index (χ3v) is 4.72. The van der Waals surface area contributed by atoms with E-state index in [1.165, 1.54) is 6.07 Å². The monoisotopic (exact) mass is 355 g/mol. The Hall–Kier alpha value is -1.44. The molecule has 5 nitrogen and oxygen atoms in total. The number of hydrogen-bond donors (Lipinski definition) is 2. The van der Waals surface area contributed by atoms with Crippen LogP contribution in [0.25, 0.3) is 0 Å². The molecule has 0 unspecified atom stereocenters. The zero-order valence-electron chi connectivity index (χ0n) is 10.6. The average molecular weight is 356 g/mol. The molecule has 0 amide bonds. The summed E-state index contributed by atoms with van der Waals surface area (Å²) in [5.41, 5.74) is 6.92. The second-order valence-electron chi connectivity index (χ2n) is 4.19. The summed E-state index contributed by atoms with van der Waals surface area (Å²) in [6, 6.07) is 8.40. The zero-order chi connectivity index (χ0) is 14.6. The van der Waals surface area contributed by atoms with Crippen LogP contribution < -0.4 is 10.5 Å². The Labute approximate surface area is 126 Å². The molecule has 0 saturated heterocycles. The minimum atomic E-state index is -3.59. The minimum absolute atomic E-state index is 0.0897. The smallest absolute Gasteiger partial charge is 0.242 e. The van der Waals surface area contributed by atoms with Crippen molar-refractivity contribution in [3.8, 4) is 0 Å². The van der Waals surface area contributed by atoms with E-state index < -0.39 is 10.0 Å². The van der Waals surface area contributed by atoms with Gasteiger partial charge in [-0.3, -0.25) is 4.98 Å². The lowest BCUT2D eigenvalue weighted by atomic mass is 10.2. The molecule has 0 spiro atoms. The highest BCUT2D eigenvalue weighted by molar-refractivity contribution is 9.10. The van der Waals surface area contributed by atoms with E-state index in [0.29, 0.717) is 13.0 Å². The van der Waals surface area contributed by atoms with Crippen LogP contribution in [0, 0.1) is 0 Å². The SMILES string of the molecule is Nc1cc(Br)ccc1S(=O)(=O)NCCc1cccnc1. The van der Waals surface area contributed by atoms with Crippen molar-refractivity contribution in [3.05, 3.63) is 52.8 Å². The standard InChI is InChI=1S/C13H14BrN3O2S/c14-11-3-4-13(12(15)8-11)20(18,19)17-7-5-10-2-1-6-16-9-10/h1-4,6,8-9,17H,5,7,15H2. The quantitative estimate of drug-likeness (QED) is 0.802. The molecular weight excluding hydrogens is 342 g/mol. The summed E-state index contributed by atoms with van der Waals surface area (Å²) in [5, 5.41) is 0. The summed E-state index contributed by atoms with van der Waals surface area (Å²) in [7, 11) is -3.59. The molecule has 0 aliphatic carbocycles. The minimum Gasteiger partial charge on any atom is -0.398 e. The molecule has 0 saturated carbocycles. The van der Waals surface area contributed by atoms with Crippen LogP contribution in [0.2, 0.25) is 0 Å². The van der Waals surface area contributed by atoms with Crippen molar-refractivity contribution in [2.24, 2.45) is 0 Å². The predicted octanol–water partition coefficient (Wildman–Crippen LogP) is 1.95. The lowest BCUT2D eigenvalue weighted by Gasteiger charge is -2.09. The van der Waals surface area contributed by atoms with Crippen LogP contribution in [-0.2, 0) is 16.4 Å². The Morgan fingerprint density at radius 3 is 2.75 bits per heavy atom. The number of halogens is 1. The number of aromatic nitrogens is 1. The summed E-state index contributed by atoms with van der Waals surface area (Å²) < 4.78 is 27.5. The fraction of sp³-hybridized carbons (Fsp3) is 0.154. The van der Waals surface area contributed by atoms with Gasteiger partial charge in [0.2, 0.25) is 10.0 Å². The maximum atomic E-state index is 12.1. The van der Waals surface area contributed by atoms with Gasteiger partial charge in [-0.2, -0.15) is 0 Å². The van der Waals surface area contributed by atoms with Gasteiger partial charge in [0.25, 0.3) is 0 Å². The lowest BCUT2D eigenvalue weighted by molar-refractivity contribution is 0.582. The number of nitrogens with zero attached hydrogens (tertiary/aromatic N) is 1. The molecule has 20 heavy (non-hydrogen) atoms. The van der Waals surface area contributed by atoms with Gasteiger partial charge in [-0.15, -0.1) is 0 Å². The molecule has 106 valence electrons. The van der Waals surface area contributed by atoms with E-state index in [2.05, 4.69) is 25.6 Å². The van der Waals surface area contributed by atoms with Crippen molar-refractivity contribution in [3.63, 3.8) is 0 Å². The fourth-order valence-electron chi connectivity index (χ4n) is 1.72. The molecule has 2 rings (SSSR count). The van der Waals surface area contributed by atoms with Gasteiger partial charge in [0, 0.05) is 23.4 Å². The molecule has 1 aromatic heterocycles. The first-order chi connectivity index (χ1) is 9.49. The van der Waals surface area contributed by atoms with E-state index in [9.17, 15) is 8.42 Å². The molecule has 1 aromatic carbocycles.